The summed E-state index contributed by atoms with van der Waals surface area (Å²) in [5.41, 5.74) is 16.4. The predicted molar refractivity (Wildman–Crippen MR) is 520 cm³/mol. The lowest BCUT2D eigenvalue weighted by molar-refractivity contribution is 0.0686. The van der Waals surface area contributed by atoms with Crippen molar-refractivity contribution in [2.75, 3.05) is 0 Å². The van der Waals surface area contributed by atoms with Crippen LogP contribution in [-0.2, 0) is 85.7 Å². The first kappa shape index (κ1) is 94.3. The molecule has 0 saturated carbocycles. The van der Waals surface area contributed by atoms with Gasteiger partial charge >= 0.3 is 35.8 Å². The number of carbonyl (C=O) groups is 6. The summed E-state index contributed by atoms with van der Waals surface area (Å²) in [5, 5.41) is 77.8. The van der Waals surface area contributed by atoms with Gasteiger partial charge in [-0.2, -0.15) is 0 Å². The maximum atomic E-state index is 11.8. The zero-order valence-electron chi connectivity index (χ0n) is 75.5. The van der Waals surface area contributed by atoms with E-state index in [0.29, 0.717) is 120 Å². The molecule has 0 bridgehead atoms. The first-order chi connectivity index (χ1) is 68.4. The van der Waals surface area contributed by atoms with Crippen molar-refractivity contribution in [3.05, 3.63) is 451 Å². The van der Waals surface area contributed by atoms with Crippen molar-refractivity contribution < 1.29 is 126 Å². The second kappa shape index (κ2) is 43.9. The second-order valence-electron chi connectivity index (χ2n) is 33.4. The van der Waals surface area contributed by atoms with Gasteiger partial charge in [-0.25, -0.2) is 28.8 Å². The van der Waals surface area contributed by atoms with Crippen LogP contribution in [0.25, 0.3) is 33.4 Å². The van der Waals surface area contributed by atoms with Gasteiger partial charge in [0.25, 0.3) is 0 Å². The summed E-state index contributed by atoms with van der Waals surface area (Å²) in [5.74, 6) is -1.03. The van der Waals surface area contributed by atoms with Crippen LogP contribution in [0.1, 0.15) is 140 Å². The summed E-state index contributed by atoms with van der Waals surface area (Å²) in [4.78, 5) is 70.5. The van der Waals surface area contributed by atoms with Gasteiger partial charge in [-0.15, -0.1) is 0 Å². The molecule has 0 atom stereocenters. The van der Waals surface area contributed by atoms with Crippen molar-refractivity contribution in [3.8, 4) is 114 Å². The molecule has 1 aliphatic carbocycles. The molecule has 1 aliphatic rings. The zero-order valence-corrected chi connectivity index (χ0v) is 75.5. The second-order valence-corrected chi connectivity index (χ2v) is 33.4. The summed E-state index contributed by atoms with van der Waals surface area (Å²) < 4.78 is 78.2. The van der Waals surface area contributed by atoms with Crippen LogP contribution in [0.2, 0.25) is 0 Å². The molecule has 0 amide bonds. The molecule has 16 aromatic rings. The topological polar surface area (TPSA) is 375 Å². The van der Waals surface area contributed by atoms with Crippen molar-refractivity contribution in [3.63, 3.8) is 0 Å². The molecule has 8 N–H and O–H groups in total. The fourth-order valence-electron chi connectivity index (χ4n) is 15.5. The van der Waals surface area contributed by atoms with Crippen LogP contribution >= 0.6 is 0 Å². The minimum atomic E-state index is -1.07. The van der Waals surface area contributed by atoms with Crippen LogP contribution < -0.4 is 56.8 Å². The highest BCUT2D eigenvalue weighted by Crippen LogP contribution is 2.44. The number of fused-ring (bicyclic) bond motifs is 3. The fourth-order valence-corrected chi connectivity index (χ4v) is 15.5. The molecule has 26 nitrogen and oxygen atoms in total. The average molecular weight is 1890 g/mol. The maximum absolute atomic E-state index is 11.8. The SMILES string of the molecule is O=C(O)c1ccc(COc2cc(COc3cc(OCc4cc(OCc5ccc(O)cc5)cc(OCc5ccc(C(=O)O)cc5)c4)cc(-c4ccc5c(c4)Cc4cc(-c6cc(OCc7cc(OCc8ccc(C(=O)O)cc8)cc(OCc8ccc(C(=O)O)cc8)c7)cc(OCc7cc(OCc8ccc(C(=O)O)cc8)cc(OCc8ccc(C(=O)O)cc8)c7)c6)ccc4-5)c3)cc(OCc3ccc(O)cc3)c2)cc1. The molecule has 0 unspecified atom stereocenters. The van der Waals surface area contributed by atoms with E-state index in [1.54, 1.807) is 158 Å². The van der Waals surface area contributed by atoms with E-state index in [-0.39, 0.29) is 124 Å². The third-order valence-electron chi connectivity index (χ3n) is 23.0. The number of rotatable bonds is 44. The van der Waals surface area contributed by atoms with E-state index in [2.05, 4.69) is 30.3 Å². The standard InChI is InChI=1S/C115H90O26/c116-94-31-13-76(14-32-94)64-136-102-43-80(41-100(54-102)134-62-74-9-25-86(26-10-74)114(126)127)68-140-106-50-91(51-107(57-106)141-69-81-42-101(135-63-75-11-27-87(28-12-75)115(128)129)55-103(44-81)137-65-77-15-33-95(117)34-16-77)89-30-36-109-93(46-89)47-92-45-88(29-35-108(92)109)90-48-104(138-66-78-37-96(130-58-70-1-17-82(18-2-70)110(118)119)52-97(38-78)131-59-71-3-19-83(20-4-71)111(120)121)56-105(49-90)139-67-79-39-98(132-60-72-5-21-84(22-6-72)112(122)123)53-99(40-79)133-61-73-7-23-85(24-8-73)113(124)125/h1-46,48-57,116-117H,47,58-69H2,(H,118,119)(H,120,121)(H,122,123)(H,124,125)(H,126,127)(H,128,129). The lowest BCUT2D eigenvalue weighted by Crippen LogP contribution is -2.03. The van der Waals surface area contributed by atoms with E-state index >= 15 is 0 Å². The number of phenolic OH excluding ortho intramolecular Hbond substituents is 2. The molecule has 17 rings (SSSR count). The summed E-state index contributed by atoms with van der Waals surface area (Å²) in [6.07, 6.45) is 0.520. The Kier molecular flexibility index (Phi) is 29.4. The maximum Gasteiger partial charge on any atom is 0.335 e. The first-order valence-corrected chi connectivity index (χ1v) is 44.6. The summed E-state index contributed by atoms with van der Waals surface area (Å²) in [6.45, 7) is 0.759. The number of carboxylic acids is 6. The Balaban J connectivity index is 0.687. The average Bonchev–Trinajstić information content (AvgIpc) is 1.70. The Labute approximate surface area is 808 Å². The Hall–Kier alpha value is -18.5. The van der Waals surface area contributed by atoms with E-state index in [0.717, 1.165) is 66.8 Å². The molecule has 0 spiro atoms. The van der Waals surface area contributed by atoms with Crippen molar-refractivity contribution in [1.29, 1.82) is 0 Å². The van der Waals surface area contributed by atoms with E-state index in [9.17, 15) is 69.6 Å². The molecule has 0 radical (unpaired) electrons. The number of hydrogen-bond donors (Lipinski definition) is 8. The smallest absolute Gasteiger partial charge is 0.335 e. The minimum absolute atomic E-state index is 0.00859. The highest BCUT2D eigenvalue weighted by Gasteiger charge is 2.24. The van der Waals surface area contributed by atoms with Gasteiger partial charge in [-0.1, -0.05) is 133 Å². The van der Waals surface area contributed by atoms with Crippen LogP contribution in [-0.4, -0.2) is 76.7 Å². The van der Waals surface area contributed by atoms with Crippen molar-refractivity contribution in [2.24, 2.45) is 0 Å². The molecule has 0 aromatic heterocycles. The molecule has 0 aliphatic heterocycles. The molecule has 706 valence electrons. The van der Waals surface area contributed by atoms with Crippen LogP contribution in [0.4, 0.5) is 0 Å². The normalized spacial score (nSPS) is 11.1. The van der Waals surface area contributed by atoms with Gasteiger partial charge in [0.15, 0.2) is 0 Å². The van der Waals surface area contributed by atoms with Gasteiger partial charge in [0.05, 0.1) is 33.4 Å². The van der Waals surface area contributed by atoms with Gasteiger partial charge in [0.2, 0.25) is 0 Å². The molecule has 16 aromatic carbocycles. The molecule has 0 saturated heterocycles. The predicted octanol–water partition coefficient (Wildman–Crippen LogP) is 23.1. The first-order valence-electron chi connectivity index (χ1n) is 44.6. The Morgan fingerprint density at radius 2 is 0.326 bits per heavy atom. The molecule has 0 fully saturated rings. The number of benzene rings is 16. The molecular formula is C115H90O26. The van der Waals surface area contributed by atoms with Crippen LogP contribution in [0, 0.1) is 0 Å². The van der Waals surface area contributed by atoms with Crippen molar-refractivity contribution >= 4 is 35.8 Å². The van der Waals surface area contributed by atoms with E-state index < -0.39 is 35.8 Å². The third kappa shape index (κ3) is 25.8. The summed E-state index contributed by atoms with van der Waals surface area (Å²) >= 11 is 0. The number of phenols is 2. The van der Waals surface area contributed by atoms with Crippen LogP contribution in [0.15, 0.2) is 340 Å². The monoisotopic (exact) mass is 1890 g/mol. The number of hydrogen-bond acceptors (Lipinski definition) is 20. The minimum Gasteiger partial charge on any atom is -0.508 e. The van der Waals surface area contributed by atoms with Gasteiger partial charge < -0.3 is 97.7 Å². The highest BCUT2D eigenvalue weighted by atomic mass is 16.5. The number of carboxylic acid groups (broad SMARTS) is 6. The Morgan fingerprint density at radius 3 is 0.496 bits per heavy atom. The van der Waals surface area contributed by atoms with Gasteiger partial charge in [0, 0.05) is 36.4 Å². The summed E-state index contributed by atoms with van der Waals surface area (Å²) in [6, 6.07) is 96.9. The van der Waals surface area contributed by atoms with E-state index in [4.69, 9.17) is 56.8 Å². The van der Waals surface area contributed by atoms with Crippen LogP contribution in [0.5, 0.6) is 80.5 Å². The van der Waals surface area contributed by atoms with Gasteiger partial charge in [-0.3, -0.25) is 0 Å². The molecule has 26 heteroatoms. The van der Waals surface area contributed by atoms with E-state index in [1.807, 2.05) is 78.9 Å². The Morgan fingerprint density at radius 1 is 0.170 bits per heavy atom. The molecule has 0 heterocycles. The zero-order chi connectivity index (χ0) is 97.8. The lowest BCUT2D eigenvalue weighted by atomic mass is 9.97. The van der Waals surface area contributed by atoms with Crippen LogP contribution in [0.3, 0.4) is 0 Å². The largest absolute Gasteiger partial charge is 0.508 e. The number of aromatic carboxylic acids is 6. The Bertz CT molecular complexity index is 6690. The molecular weight excluding hydrogens is 1800 g/mol. The fraction of sp³-hybridized carbons (Fsp3) is 0.113. The molecule has 141 heavy (non-hydrogen) atoms. The number of ether oxygens (including phenoxy) is 12. The lowest BCUT2D eigenvalue weighted by Gasteiger charge is -2.16. The van der Waals surface area contributed by atoms with Crippen molar-refractivity contribution in [2.45, 2.75) is 85.7 Å². The van der Waals surface area contributed by atoms with E-state index in [1.165, 1.54) is 72.8 Å². The highest BCUT2D eigenvalue weighted by molar-refractivity contribution is 5.91. The van der Waals surface area contributed by atoms with Crippen molar-refractivity contribution in [1.82, 2.24) is 0 Å². The summed E-state index contributed by atoms with van der Waals surface area (Å²) in [7, 11) is 0. The van der Waals surface area contributed by atoms with Gasteiger partial charge in [-0.05, 0) is 288 Å². The number of aromatic hydroxyl groups is 2. The quantitative estimate of drug-likeness (QED) is 0.0176. The third-order valence-corrected chi connectivity index (χ3v) is 23.0. The van der Waals surface area contributed by atoms with Gasteiger partial charge in [0.1, 0.15) is 160 Å².